The van der Waals surface area contributed by atoms with E-state index in [0.29, 0.717) is 34.6 Å². The fraction of sp³-hybridized carbons (Fsp3) is 0.211. The van der Waals surface area contributed by atoms with Crippen molar-refractivity contribution in [2.24, 2.45) is 0 Å². The molecule has 0 N–H and O–H groups in total. The van der Waals surface area contributed by atoms with Crippen LogP contribution in [0, 0.1) is 0 Å². The second-order valence-corrected chi connectivity index (χ2v) is 6.74. The maximum atomic E-state index is 6.33. The molecule has 2 aromatic carbocycles. The van der Waals surface area contributed by atoms with E-state index >= 15 is 0 Å². The van der Waals surface area contributed by atoms with Gasteiger partial charge in [0.2, 0.25) is 0 Å². The molecule has 2 heterocycles. The van der Waals surface area contributed by atoms with Gasteiger partial charge in [-0.25, -0.2) is 4.98 Å². The molecule has 0 aliphatic carbocycles. The predicted octanol–water partition coefficient (Wildman–Crippen LogP) is 4.35. The monoisotopic (exact) mass is 386 g/mol. The van der Waals surface area contributed by atoms with Crippen LogP contribution in [0.1, 0.15) is 0 Å². The summed E-state index contributed by atoms with van der Waals surface area (Å²) in [5.74, 6) is 1.27. The molecule has 0 spiro atoms. The fourth-order valence-corrected chi connectivity index (χ4v) is 3.37. The van der Waals surface area contributed by atoms with Gasteiger partial charge < -0.3 is 9.64 Å². The zero-order chi connectivity index (χ0) is 17.9. The summed E-state index contributed by atoms with van der Waals surface area (Å²) in [7, 11) is 0. The van der Waals surface area contributed by atoms with Gasteiger partial charge in [-0.1, -0.05) is 53.5 Å². The van der Waals surface area contributed by atoms with E-state index in [2.05, 4.69) is 15.1 Å². The summed E-state index contributed by atoms with van der Waals surface area (Å²) in [5.41, 5.74) is 2.43. The maximum Gasteiger partial charge on any atom is 0.185 e. The molecule has 5 nitrogen and oxygen atoms in total. The summed E-state index contributed by atoms with van der Waals surface area (Å²) < 4.78 is 5.47. The number of aromatic nitrogens is 3. The molecule has 4 rings (SSSR count). The van der Waals surface area contributed by atoms with Gasteiger partial charge in [-0.05, 0) is 18.2 Å². The Hall–Kier alpha value is -2.21. The van der Waals surface area contributed by atoms with Gasteiger partial charge in [0.25, 0.3) is 0 Å². The average molecular weight is 387 g/mol. The standard InChI is InChI=1S/C19H16Cl2N4O/c20-14-6-7-15(16(21)12-14)18-22-19(25-8-10-26-11-9-25)17(23-24-18)13-4-2-1-3-5-13/h1-7,12H,8-11H2. The van der Waals surface area contributed by atoms with Crippen LogP contribution in [-0.4, -0.2) is 41.5 Å². The Morgan fingerprint density at radius 1 is 0.923 bits per heavy atom. The minimum atomic E-state index is 0.479. The normalized spacial score (nSPS) is 14.5. The molecule has 0 radical (unpaired) electrons. The highest BCUT2D eigenvalue weighted by Gasteiger charge is 2.21. The van der Waals surface area contributed by atoms with E-state index in [1.165, 1.54) is 0 Å². The van der Waals surface area contributed by atoms with Crippen LogP contribution in [0.4, 0.5) is 5.82 Å². The van der Waals surface area contributed by atoms with E-state index in [1.807, 2.05) is 36.4 Å². The lowest BCUT2D eigenvalue weighted by atomic mass is 10.1. The molecular formula is C19H16Cl2N4O. The highest BCUT2D eigenvalue weighted by Crippen LogP contribution is 2.32. The molecule has 1 aliphatic heterocycles. The number of hydrogen-bond donors (Lipinski definition) is 0. The average Bonchev–Trinajstić information content (AvgIpc) is 2.69. The minimum absolute atomic E-state index is 0.479. The summed E-state index contributed by atoms with van der Waals surface area (Å²) in [5, 5.41) is 9.87. The summed E-state index contributed by atoms with van der Waals surface area (Å²) in [6, 6.07) is 15.2. The first-order chi connectivity index (χ1) is 12.7. The first kappa shape index (κ1) is 17.2. The van der Waals surface area contributed by atoms with Crippen molar-refractivity contribution in [3.05, 3.63) is 58.6 Å². The summed E-state index contributed by atoms with van der Waals surface area (Å²) >= 11 is 12.3. The van der Waals surface area contributed by atoms with E-state index in [9.17, 15) is 0 Å². The summed E-state index contributed by atoms with van der Waals surface area (Å²) in [6.45, 7) is 2.84. The lowest BCUT2D eigenvalue weighted by molar-refractivity contribution is 0.122. The van der Waals surface area contributed by atoms with Crippen LogP contribution < -0.4 is 4.90 Å². The van der Waals surface area contributed by atoms with Crippen molar-refractivity contribution < 1.29 is 4.74 Å². The Kier molecular flexibility index (Phi) is 5.02. The maximum absolute atomic E-state index is 6.33. The van der Waals surface area contributed by atoms with Crippen molar-refractivity contribution >= 4 is 29.0 Å². The van der Waals surface area contributed by atoms with Gasteiger partial charge in [0.05, 0.1) is 18.2 Å². The zero-order valence-electron chi connectivity index (χ0n) is 13.9. The van der Waals surface area contributed by atoms with Crippen LogP contribution in [-0.2, 0) is 4.74 Å². The first-order valence-corrected chi connectivity index (χ1v) is 9.06. The smallest absolute Gasteiger partial charge is 0.185 e. The van der Waals surface area contributed by atoms with E-state index < -0.39 is 0 Å². The Bertz CT molecular complexity index is 915. The highest BCUT2D eigenvalue weighted by molar-refractivity contribution is 6.36. The molecule has 1 aromatic heterocycles. The minimum Gasteiger partial charge on any atom is -0.378 e. The third kappa shape index (κ3) is 3.51. The SMILES string of the molecule is Clc1ccc(-c2nnc(-c3ccccc3)c(N3CCOCC3)n2)c(Cl)c1. The molecule has 1 saturated heterocycles. The molecule has 1 aliphatic rings. The van der Waals surface area contributed by atoms with Crippen LogP contribution in [0.3, 0.4) is 0 Å². The molecule has 7 heteroatoms. The van der Waals surface area contributed by atoms with Gasteiger partial charge >= 0.3 is 0 Å². The van der Waals surface area contributed by atoms with Crippen molar-refractivity contribution in [3.8, 4) is 22.6 Å². The molecule has 1 fully saturated rings. The Labute approximate surface area is 161 Å². The topological polar surface area (TPSA) is 51.1 Å². The quantitative estimate of drug-likeness (QED) is 0.669. The van der Waals surface area contributed by atoms with Gasteiger partial charge in [0, 0.05) is 29.2 Å². The second-order valence-electron chi connectivity index (χ2n) is 5.90. The van der Waals surface area contributed by atoms with Crippen LogP contribution >= 0.6 is 23.2 Å². The van der Waals surface area contributed by atoms with Gasteiger partial charge in [-0.15, -0.1) is 10.2 Å². The molecule has 26 heavy (non-hydrogen) atoms. The summed E-state index contributed by atoms with van der Waals surface area (Å²) in [6.07, 6.45) is 0. The third-order valence-corrected chi connectivity index (χ3v) is 4.75. The largest absolute Gasteiger partial charge is 0.378 e. The number of hydrogen-bond acceptors (Lipinski definition) is 5. The second kappa shape index (κ2) is 7.58. The Morgan fingerprint density at radius 3 is 2.42 bits per heavy atom. The third-order valence-electron chi connectivity index (χ3n) is 4.20. The van der Waals surface area contributed by atoms with E-state index in [4.69, 9.17) is 32.9 Å². The van der Waals surface area contributed by atoms with Crippen LogP contribution in [0.15, 0.2) is 48.5 Å². The highest BCUT2D eigenvalue weighted by atomic mass is 35.5. The summed E-state index contributed by atoms with van der Waals surface area (Å²) in [4.78, 5) is 6.98. The number of anilines is 1. The number of morpholine rings is 1. The number of rotatable bonds is 3. The van der Waals surface area contributed by atoms with Crippen molar-refractivity contribution in [2.75, 3.05) is 31.2 Å². The Balaban J connectivity index is 1.83. The van der Waals surface area contributed by atoms with Crippen molar-refractivity contribution in [3.63, 3.8) is 0 Å². The lowest BCUT2D eigenvalue weighted by Crippen LogP contribution is -2.37. The fourth-order valence-electron chi connectivity index (χ4n) is 2.88. The molecule has 0 amide bonds. The Morgan fingerprint density at radius 2 is 1.69 bits per heavy atom. The van der Waals surface area contributed by atoms with E-state index in [-0.39, 0.29) is 0 Å². The first-order valence-electron chi connectivity index (χ1n) is 8.30. The number of benzene rings is 2. The van der Waals surface area contributed by atoms with E-state index in [0.717, 1.165) is 30.2 Å². The number of halogens is 2. The van der Waals surface area contributed by atoms with Gasteiger partial charge in [0.15, 0.2) is 11.6 Å². The molecule has 0 unspecified atom stereocenters. The molecular weight excluding hydrogens is 371 g/mol. The zero-order valence-corrected chi connectivity index (χ0v) is 15.4. The van der Waals surface area contributed by atoms with Crippen molar-refractivity contribution in [1.82, 2.24) is 15.2 Å². The van der Waals surface area contributed by atoms with Crippen LogP contribution in [0.2, 0.25) is 10.0 Å². The molecule has 0 saturated carbocycles. The number of nitrogens with zero attached hydrogens (tertiary/aromatic N) is 4. The predicted molar refractivity (Wildman–Crippen MR) is 104 cm³/mol. The molecule has 0 bridgehead atoms. The van der Waals surface area contributed by atoms with Crippen LogP contribution in [0.5, 0.6) is 0 Å². The van der Waals surface area contributed by atoms with Gasteiger partial charge in [-0.3, -0.25) is 0 Å². The van der Waals surface area contributed by atoms with Crippen molar-refractivity contribution in [2.45, 2.75) is 0 Å². The van der Waals surface area contributed by atoms with Gasteiger partial charge in [0.1, 0.15) is 5.69 Å². The molecule has 0 atom stereocenters. The van der Waals surface area contributed by atoms with Crippen molar-refractivity contribution in [1.29, 1.82) is 0 Å². The molecule has 3 aromatic rings. The lowest BCUT2D eigenvalue weighted by Gasteiger charge is -2.29. The van der Waals surface area contributed by atoms with E-state index in [1.54, 1.807) is 12.1 Å². The molecule has 132 valence electrons. The number of ether oxygens (including phenoxy) is 1. The van der Waals surface area contributed by atoms with Crippen LogP contribution in [0.25, 0.3) is 22.6 Å². The van der Waals surface area contributed by atoms with Gasteiger partial charge in [-0.2, -0.15) is 0 Å².